The standard InChI is InChI=1S/C6H9NO2S2/c1-11(8,9)6-2-5(3-7)10-4-6/h2,4H,3,7H2,1H3. The van der Waals surface area contributed by atoms with Crippen LogP contribution >= 0.6 is 11.3 Å². The Morgan fingerprint density at radius 3 is 2.55 bits per heavy atom. The predicted octanol–water partition coefficient (Wildman–Crippen LogP) is 0.610. The van der Waals surface area contributed by atoms with Crippen LogP contribution in [0.2, 0.25) is 0 Å². The van der Waals surface area contributed by atoms with Crippen LogP contribution in [0, 0.1) is 0 Å². The molecular formula is C6H9NO2S2. The van der Waals surface area contributed by atoms with E-state index in [1.807, 2.05) is 0 Å². The van der Waals surface area contributed by atoms with E-state index in [0.29, 0.717) is 11.4 Å². The lowest BCUT2D eigenvalue weighted by molar-refractivity contribution is 0.602. The van der Waals surface area contributed by atoms with E-state index >= 15 is 0 Å². The molecule has 0 saturated heterocycles. The lowest BCUT2D eigenvalue weighted by atomic mass is 10.5. The fraction of sp³-hybridized carbons (Fsp3) is 0.333. The van der Waals surface area contributed by atoms with Crippen molar-refractivity contribution < 1.29 is 8.42 Å². The Morgan fingerprint density at radius 1 is 1.64 bits per heavy atom. The molecule has 0 unspecified atom stereocenters. The van der Waals surface area contributed by atoms with Gasteiger partial charge in [0.05, 0.1) is 4.90 Å². The molecule has 0 saturated carbocycles. The zero-order chi connectivity index (χ0) is 8.48. The van der Waals surface area contributed by atoms with Gasteiger partial charge in [0, 0.05) is 23.1 Å². The van der Waals surface area contributed by atoms with Crippen LogP contribution in [0.1, 0.15) is 4.88 Å². The molecule has 1 rings (SSSR count). The predicted molar refractivity (Wildman–Crippen MR) is 45.3 cm³/mol. The van der Waals surface area contributed by atoms with Crippen LogP contribution in [0.15, 0.2) is 16.3 Å². The maximum absolute atomic E-state index is 10.9. The first kappa shape index (κ1) is 8.70. The van der Waals surface area contributed by atoms with E-state index in [2.05, 4.69) is 0 Å². The highest BCUT2D eigenvalue weighted by Gasteiger charge is 2.08. The summed E-state index contributed by atoms with van der Waals surface area (Å²) >= 11 is 1.37. The van der Waals surface area contributed by atoms with Crippen LogP contribution in [0.5, 0.6) is 0 Å². The molecule has 0 radical (unpaired) electrons. The summed E-state index contributed by atoms with van der Waals surface area (Å²) in [5.74, 6) is 0. The molecule has 0 bridgehead atoms. The fourth-order valence-corrected chi connectivity index (χ4v) is 2.56. The summed E-state index contributed by atoms with van der Waals surface area (Å²) in [6.45, 7) is 0.403. The third-order valence-electron chi connectivity index (χ3n) is 1.26. The van der Waals surface area contributed by atoms with Crippen LogP contribution < -0.4 is 5.73 Å². The highest BCUT2D eigenvalue weighted by atomic mass is 32.2. The highest BCUT2D eigenvalue weighted by Crippen LogP contribution is 2.18. The fourth-order valence-electron chi connectivity index (χ4n) is 0.662. The van der Waals surface area contributed by atoms with E-state index in [1.54, 1.807) is 11.4 Å². The first-order valence-corrected chi connectivity index (χ1v) is 5.78. The minimum Gasteiger partial charge on any atom is -0.326 e. The number of rotatable bonds is 2. The van der Waals surface area contributed by atoms with Gasteiger partial charge in [-0.25, -0.2) is 8.42 Å². The molecule has 5 heteroatoms. The number of thiophene rings is 1. The smallest absolute Gasteiger partial charge is 0.176 e. The lowest BCUT2D eigenvalue weighted by Crippen LogP contribution is -1.95. The number of hydrogen-bond donors (Lipinski definition) is 1. The zero-order valence-electron chi connectivity index (χ0n) is 6.07. The summed E-state index contributed by atoms with van der Waals surface area (Å²) in [5.41, 5.74) is 5.32. The van der Waals surface area contributed by atoms with Gasteiger partial charge in [-0.15, -0.1) is 11.3 Å². The van der Waals surface area contributed by atoms with Crippen molar-refractivity contribution in [3.63, 3.8) is 0 Å². The maximum Gasteiger partial charge on any atom is 0.176 e. The molecule has 0 amide bonds. The maximum atomic E-state index is 10.9. The third kappa shape index (κ3) is 2.02. The van der Waals surface area contributed by atoms with Crippen molar-refractivity contribution in [2.75, 3.05) is 6.26 Å². The molecule has 0 aliphatic heterocycles. The normalized spacial score (nSPS) is 11.8. The SMILES string of the molecule is CS(=O)(=O)c1csc(CN)c1. The number of sulfone groups is 1. The van der Waals surface area contributed by atoms with Crippen LogP contribution in [-0.4, -0.2) is 14.7 Å². The Kier molecular flexibility index (Phi) is 2.31. The van der Waals surface area contributed by atoms with E-state index in [-0.39, 0.29) is 0 Å². The van der Waals surface area contributed by atoms with Crippen molar-refractivity contribution in [1.82, 2.24) is 0 Å². The summed E-state index contributed by atoms with van der Waals surface area (Å²) in [6, 6.07) is 1.61. The van der Waals surface area contributed by atoms with Crippen LogP contribution in [-0.2, 0) is 16.4 Å². The van der Waals surface area contributed by atoms with Gasteiger partial charge >= 0.3 is 0 Å². The summed E-state index contributed by atoms with van der Waals surface area (Å²) in [4.78, 5) is 1.26. The topological polar surface area (TPSA) is 60.2 Å². The Balaban J connectivity index is 3.09. The van der Waals surface area contributed by atoms with Crippen molar-refractivity contribution >= 4 is 21.2 Å². The molecule has 0 aliphatic rings. The average molecular weight is 191 g/mol. The summed E-state index contributed by atoms with van der Waals surface area (Å²) in [5, 5.41) is 1.61. The van der Waals surface area contributed by atoms with Gasteiger partial charge in [-0.3, -0.25) is 0 Å². The van der Waals surface area contributed by atoms with Crippen molar-refractivity contribution in [1.29, 1.82) is 0 Å². The second-order valence-electron chi connectivity index (χ2n) is 2.23. The molecule has 0 aliphatic carbocycles. The first-order chi connectivity index (χ1) is 5.04. The Morgan fingerprint density at radius 2 is 2.27 bits per heavy atom. The van der Waals surface area contributed by atoms with E-state index in [1.165, 1.54) is 17.6 Å². The van der Waals surface area contributed by atoms with Crippen LogP contribution in [0.25, 0.3) is 0 Å². The Bertz CT molecular complexity index is 339. The van der Waals surface area contributed by atoms with Crippen molar-refractivity contribution in [2.24, 2.45) is 5.73 Å². The van der Waals surface area contributed by atoms with E-state index < -0.39 is 9.84 Å². The van der Waals surface area contributed by atoms with Gasteiger partial charge < -0.3 is 5.73 Å². The summed E-state index contributed by atoms with van der Waals surface area (Å²) < 4.78 is 21.9. The summed E-state index contributed by atoms with van der Waals surface area (Å²) in [7, 11) is -3.04. The monoisotopic (exact) mass is 191 g/mol. The second kappa shape index (κ2) is 2.92. The molecule has 0 atom stereocenters. The molecule has 0 aromatic carbocycles. The Hall–Kier alpha value is -0.390. The van der Waals surface area contributed by atoms with E-state index in [0.717, 1.165) is 4.88 Å². The highest BCUT2D eigenvalue weighted by molar-refractivity contribution is 7.90. The third-order valence-corrected chi connectivity index (χ3v) is 3.46. The van der Waals surface area contributed by atoms with Gasteiger partial charge in [-0.05, 0) is 6.07 Å². The van der Waals surface area contributed by atoms with Crippen molar-refractivity contribution in [2.45, 2.75) is 11.4 Å². The van der Waals surface area contributed by atoms with Gasteiger partial charge in [0.15, 0.2) is 9.84 Å². The minimum atomic E-state index is -3.04. The largest absolute Gasteiger partial charge is 0.326 e. The van der Waals surface area contributed by atoms with Crippen molar-refractivity contribution in [3.05, 3.63) is 16.3 Å². The van der Waals surface area contributed by atoms with Gasteiger partial charge in [0.1, 0.15) is 0 Å². The summed E-state index contributed by atoms with van der Waals surface area (Å²) in [6.07, 6.45) is 1.19. The van der Waals surface area contributed by atoms with Gasteiger partial charge in [0.2, 0.25) is 0 Å². The van der Waals surface area contributed by atoms with Gasteiger partial charge in [-0.1, -0.05) is 0 Å². The van der Waals surface area contributed by atoms with Crippen LogP contribution in [0.3, 0.4) is 0 Å². The lowest BCUT2D eigenvalue weighted by Gasteiger charge is -1.88. The minimum absolute atomic E-state index is 0.364. The number of nitrogens with two attached hydrogens (primary N) is 1. The molecule has 0 fully saturated rings. The second-order valence-corrected chi connectivity index (χ2v) is 5.24. The molecule has 3 nitrogen and oxygen atoms in total. The molecule has 1 aromatic rings. The zero-order valence-corrected chi connectivity index (χ0v) is 7.71. The van der Waals surface area contributed by atoms with Crippen LogP contribution in [0.4, 0.5) is 0 Å². The van der Waals surface area contributed by atoms with E-state index in [4.69, 9.17) is 5.73 Å². The molecular weight excluding hydrogens is 182 g/mol. The molecule has 0 spiro atoms. The first-order valence-electron chi connectivity index (χ1n) is 3.01. The molecule has 2 N–H and O–H groups in total. The Labute approximate surface area is 69.8 Å². The van der Waals surface area contributed by atoms with Gasteiger partial charge in [0.25, 0.3) is 0 Å². The van der Waals surface area contributed by atoms with E-state index in [9.17, 15) is 8.42 Å². The molecule has 62 valence electrons. The van der Waals surface area contributed by atoms with Gasteiger partial charge in [-0.2, -0.15) is 0 Å². The van der Waals surface area contributed by atoms with Crippen molar-refractivity contribution in [3.8, 4) is 0 Å². The molecule has 1 heterocycles. The molecule has 1 aromatic heterocycles. The quantitative estimate of drug-likeness (QED) is 0.745. The number of hydrogen-bond acceptors (Lipinski definition) is 4. The molecule has 11 heavy (non-hydrogen) atoms. The average Bonchev–Trinajstić information content (AvgIpc) is 2.32.